The zero-order chi connectivity index (χ0) is 22.0. The average molecular weight is 446 g/mol. The van der Waals surface area contributed by atoms with Crippen LogP contribution in [-0.2, 0) is 14.8 Å². The molecule has 2 aromatic rings. The third-order valence-corrected chi connectivity index (χ3v) is 7.98. The quantitative estimate of drug-likeness (QED) is 0.705. The monoisotopic (exact) mass is 445 g/mol. The first kappa shape index (κ1) is 21.8. The molecule has 2 aliphatic heterocycles. The molecule has 4 rings (SSSR count). The highest BCUT2D eigenvalue weighted by Gasteiger charge is 2.36. The SMILES string of the molecule is CC(C)n1cnc(S(=O)(=O)N2CCC[C@@H](C(=O)N3CCN(c4ccccc4)CC3)C2)c1. The summed E-state index contributed by atoms with van der Waals surface area (Å²) in [5, 5.41) is 0.0609. The van der Waals surface area contributed by atoms with Crippen molar-refractivity contribution in [2.45, 2.75) is 37.8 Å². The second-order valence-corrected chi connectivity index (χ2v) is 10.5. The van der Waals surface area contributed by atoms with E-state index in [-0.39, 0.29) is 29.4 Å². The van der Waals surface area contributed by atoms with Crippen molar-refractivity contribution in [3.63, 3.8) is 0 Å². The van der Waals surface area contributed by atoms with Gasteiger partial charge in [-0.25, -0.2) is 13.4 Å². The van der Waals surface area contributed by atoms with E-state index in [2.05, 4.69) is 22.0 Å². The third-order valence-electron chi connectivity index (χ3n) is 6.22. The second-order valence-electron chi connectivity index (χ2n) is 8.60. The van der Waals surface area contributed by atoms with Gasteiger partial charge in [0.2, 0.25) is 5.91 Å². The summed E-state index contributed by atoms with van der Waals surface area (Å²) in [4.78, 5) is 21.5. The van der Waals surface area contributed by atoms with E-state index in [9.17, 15) is 13.2 Å². The van der Waals surface area contributed by atoms with Gasteiger partial charge in [0.1, 0.15) is 0 Å². The maximum Gasteiger partial charge on any atom is 0.262 e. The molecule has 0 aliphatic carbocycles. The number of para-hydroxylation sites is 1. The lowest BCUT2D eigenvalue weighted by atomic mass is 9.97. The normalized spacial score (nSPS) is 20.9. The van der Waals surface area contributed by atoms with E-state index in [0.29, 0.717) is 26.1 Å². The van der Waals surface area contributed by atoms with Gasteiger partial charge >= 0.3 is 0 Å². The van der Waals surface area contributed by atoms with Crippen molar-refractivity contribution in [3.8, 4) is 0 Å². The van der Waals surface area contributed by atoms with E-state index in [1.165, 1.54) is 9.99 Å². The number of benzene rings is 1. The number of aromatic nitrogens is 2. The van der Waals surface area contributed by atoms with Gasteiger partial charge in [-0.3, -0.25) is 4.79 Å². The number of imidazole rings is 1. The summed E-state index contributed by atoms with van der Waals surface area (Å²) in [7, 11) is -3.69. The maximum absolute atomic E-state index is 13.2. The standard InChI is InChI=1S/C22H31N5O3S/c1-18(2)26-16-21(23-17-26)31(29,30)27-10-6-7-19(15-27)22(28)25-13-11-24(12-14-25)20-8-4-3-5-9-20/h3-5,8-9,16-19H,6-7,10-15H2,1-2H3/t19-/m1/s1. The van der Waals surface area contributed by atoms with Crippen LogP contribution >= 0.6 is 0 Å². The van der Waals surface area contributed by atoms with E-state index in [1.807, 2.05) is 36.9 Å². The Labute approximate surface area is 184 Å². The van der Waals surface area contributed by atoms with Crippen LogP contribution in [0.1, 0.15) is 32.7 Å². The number of rotatable bonds is 5. The first-order chi connectivity index (χ1) is 14.9. The molecular weight excluding hydrogens is 414 g/mol. The zero-order valence-corrected chi connectivity index (χ0v) is 19.0. The van der Waals surface area contributed by atoms with Gasteiger partial charge in [0.05, 0.1) is 12.2 Å². The molecule has 0 N–H and O–H groups in total. The Bertz CT molecular complexity index is 997. The highest BCUT2D eigenvalue weighted by Crippen LogP contribution is 2.26. The van der Waals surface area contributed by atoms with E-state index in [1.54, 1.807) is 17.1 Å². The first-order valence-corrected chi connectivity index (χ1v) is 12.4. The van der Waals surface area contributed by atoms with Gasteiger partial charge in [0.15, 0.2) is 5.03 Å². The van der Waals surface area contributed by atoms with Crippen molar-refractivity contribution in [2.75, 3.05) is 44.2 Å². The Morgan fingerprint density at radius 3 is 2.42 bits per heavy atom. The largest absolute Gasteiger partial charge is 0.368 e. The molecular formula is C22H31N5O3S. The molecule has 1 aromatic carbocycles. The molecule has 0 radical (unpaired) electrons. The predicted molar refractivity (Wildman–Crippen MR) is 119 cm³/mol. The van der Waals surface area contributed by atoms with E-state index < -0.39 is 10.0 Å². The van der Waals surface area contributed by atoms with Crippen molar-refractivity contribution in [1.29, 1.82) is 0 Å². The molecule has 8 nitrogen and oxygen atoms in total. The lowest BCUT2D eigenvalue weighted by Gasteiger charge is -2.39. The summed E-state index contributed by atoms with van der Waals surface area (Å²) in [6.07, 6.45) is 4.54. The van der Waals surface area contributed by atoms with E-state index >= 15 is 0 Å². The zero-order valence-electron chi connectivity index (χ0n) is 18.2. The number of carbonyl (C=O) groups is 1. The van der Waals surface area contributed by atoms with E-state index in [0.717, 1.165) is 19.5 Å². The molecule has 1 amide bonds. The molecule has 31 heavy (non-hydrogen) atoms. The summed E-state index contributed by atoms with van der Waals surface area (Å²) in [5.41, 5.74) is 1.17. The molecule has 1 atom stereocenters. The van der Waals surface area contributed by atoms with Gasteiger partial charge in [-0.05, 0) is 38.8 Å². The summed E-state index contributed by atoms with van der Waals surface area (Å²) >= 11 is 0. The van der Waals surface area contributed by atoms with Crippen LogP contribution in [0, 0.1) is 5.92 Å². The maximum atomic E-state index is 13.2. The molecule has 3 heterocycles. The molecule has 0 bridgehead atoms. The average Bonchev–Trinajstić information content (AvgIpc) is 3.31. The van der Waals surface area contributed by atoms with Crippen LogP contribution in [0.2, 0.25) is 0 Å². The minimum absolute atomic E-state index is 0.0609. The van der Waals surface area contributed by atoms with Crippen molar-refractivity contribution >= 4 is 21.6 Å². The van der Waals surface area contributed by atoms with Crippen LogP contribution in [-0.4, -0.2) is 72.3 Å². The molecule has 0 spiro atoms. The summed E-state index contributed by atoms with van der Waals surface area (Å²) in [6.45, 7) is 7.52. The smallest absolute Gasteiger partial charge is 0.262 e. The fraction of sp³-hybridized carbons (Fsp3) is 0.545. The molecule has 168 valence electrons. The second kappa shape index (κ2) is 9.00. The Kier molecular flexibility index (Phi) is 6.34. The minimum atomic E-state index is -3.69. The minimum Gasteiger partial charge on any atom is -0.368 e. The molecule has 1 aromatic heterocycles. The van der Waals surface area contributed by atoms with Crippen LogP contribution in [0.4, 0.5) is 5.69 Å². The van der Waals surface area contributed by atoms with Crippen LogP contribution in [0.5, 0.6) is 0 Å². The lowest BCUT2D eigenvalue weighted by molar-refractivity contribution is -0.137. The Morgan fingerprint density at radius 2 is 1.77 bits per heavy atom. The fourth-order valence-electron chi connectivity index (χ4n) is 4.31. The number of amides is 1. The number of piperidine rings is 1. The number of hydrogen-bond donors (Lipinski definition) is 0. The Balaban J connectivity index is 1.38. The van der Waals surface area contributed by atoms with Crippen molar-refractivity contribution < 1.29 is 13.2 Å². The topological polar surface area (TPSA) is 78.8 Å². The van der Waals surface area contributed by atoms with Gasteiger partial charge in [0.25, 0.3) is 10.0 Å². The Hall–Kier alpha value is -2.39. The van der Waals surface area contributed by atoms with Crippen LogP contribution in [0.25, 0.3) is 0 Å². The molecule has 0 saturated carbocycles. The summed E-state index contributed by atoms with van der Waals surface area (Å²) in [6, 6.07) is 10.4. The number of piperazine rings is 1. The number of hydrogen-bond acceptors (Lipinski definition) is 5. The summed E-state index contributed by atoms with van der Waals surface area (Å²) < 4.78 is 29.4. The number of nitrogens with zero attached hydrogens (tertiary/aromatic N) is 5. The highest BCUT2D eigenvalue weighted by atomic mass is 32.2. The number of sulfonamides is 1. The van der Waals surface area contributed by atoms with Crippen LogP contribution in [0.3, 0.4) is 0 Å². The lowest BCUT2D eigenvalue weighted by Crippen LogP contribution is -2.53. The van der Waals surface area contributed by atoms with Gasteiger partial charge in [-0.2, -0.15) is 4.31 Å². The van der Waals surface area contributed by atoms with Crippen LogP contribution in [0.15, 0.2) is 47.9 Å². The van der Waals surface area contributed by atoms with Crippen molar-refractivity contribution in [3.05, 3.63) is 42.9 Å². The Morgan fingerprint density at radius 1 is 1.06 bits per heavy atom. The number of carbonyl (C=O) groups excluding carboxylic acids is 1. The van der Waals surface area contributed by atoms with Crippen molar-refractivity contribution in [2.24, 2.45) is 5.92 Å². The number of anilines is 1. The predicted octanol–water partition coefficient (Wildman–Crippen LogP) is 2.21. The van der Waals surface area contributed by atoms with Gasteiger partial charge in [-0.1, -0.05) is 18.2 Å². The van der Waals surface area contributed by atoms with Gasteiger partial charge in [-0.15, -0.1) is 0 Å². The molecule has 9 heteroatoms. The molecule has 2 aliphatic rings. The van der Waals surface area contributed by atoms with Gasteiger partial charge in [0, 0.05) is 57.2 Å². The third kappa shape index (κ3) is 4.62. The summed E-state index contributed by atoms with van der Waals surface area (Å²) in [5.74, 6) is -0.223. The van der Waals surface area contributed by atoms with Gasteiger partial charge < -0.3 is 14.4 Å². The van der Waals surface area contributed by atoms with Crippen LogP contribution < -0.4 is 4.90 Å². The van der Waals surface area contributed by atoms with E-state index in [4.69, 9.17) is 0 Å². The van der Waals surface area contributed by atoms with Crippen molar-refractivity contribution in [1.82, 2.24) is 18.8 Å². The molecule has 2 saturated heterocycles. The molecule has 0 unspecified atom stereocenters. The first-order valence-electron chi connectivity index (χ1n) is 11.0. The fourth-order valence-corrected chi connectivity index (χ4v) is 5.76. The highest BCUT2D eigenvalue weighted by molar-refractivity contribution is 7.89. The molecule has 2 fully saturated rings.